The molecule has 0 saturated carbocycles. The van der Waals surface area contributed by atoms with Gasteiger partial charge in [0.2, 0.25) is 0 Å². The largest absolute Gasteiger partial charge is 0.481 e. The van der Waals surface area contributed by atoms with Crippen molar-refractivity contribution in [1.82, 2.24) is 4.90 Å². The number of hydrogen-bond donors (Lipinski definition) is 2. The van der Waals surface area contributed by atoms with Gasteiger partial charge in [-0.1, -0.05) is 18.2 Å². The average molecular weight is 278 g/mol. The molecule has 1 aliphatic heterocycles. The van der Waals surface area contributed by atoms with E-state index in [1.807, 2.05) is 6.92 Å². The molecule has 6 nitrogen and oxygen atoms in total. The van der Waals surface area contributed by atoms with Crippen LogP contribution in [0.15, 0.2) is 24.3 Å². The number of ether oxygens (including phenoxy) is 1. The van der Waals surface area contributed by atoms with Crippen molar-refractivity contribution < 1.29 is 19.4 Å². The van der Waals surface area contributed by atoms with Gasteiger partial charge in [0.05, 0.1) is 25.7 Å². The molecule has 1 heterocycles. The Labute approximate surface area is 117 Å². The van der Waals surface area contributed by atoms with E-state index in [2.05, 4.69) is 5.32 Å². The highest BCUT2D eigenvalue weighted by atomic mass is 16.5. The first-order valence-corrected chi connectivity index (χ1v) is 6.53. The number of hydrogen-bond acceptors (Lipinski definition) is 3. The molecule has 20 heavy (non-hydrogen) atoms. The molecule has 1 aromatic carbocycles. The number of carboxylic acid groups (broad SMARTS) is 1. The number of carboxylic acids is 1. The Morgan fingerprint density at radius 3 is 2.90 bits per heavy atom. The number of nitrogens with zero attached hydrogens (tertiary/aromatic N) is 1. The van der Waals surface area contributed by atoms with Crippen molar-refractivity contribution in [1.29, 1.82) is 0 Å². The van der Waals surface area contributed by atoms with Crippen LogP contribution in [0.4, 0.5) is 10.5 Å². The lowest BCUT2D eigenvalue weighted by Gasteiger charge is -2.33. The van der Waals surface area contributed by atoms with E-state index in [9.17, 15) is 9.59 Å². The minimum absolute atomic E-state index is 0.00962. The average Bonchev–Trinajstić information content (AvgIpc) is 2.41. The first-order valence-electron chi connectivity index (χ1n) is 6.53. The molecular weight excluding hydrogens is 260 g/mol. The molecule has 1 unspecified atom stereocenters. The van der Waals surface area contributed by atoms with Crippen LogP contribution in [0, 0.1) is 0 Å². The summed E-state index contributed by atoms with van der Waals surface area (Å²) in [6.07, 6.45) is -0.116. The van der Waals surface area contributed by atoms with Gasteiger partial charge >= 0.3 is 12.0 Å². The van der Waals surface area contributed by atoms with Crippen molar-refractivity contribution in [2.24, 2.45) is 0 Å². The fourth-order valence-electron chi connectivity index (χ4n) is 2.18. The maximum absolute atomic E-state index is 12.2. The summed E-state index contributed by atoms with van der Waals surface area (Å²) in [4.78, 5) is 24.7. The molecule has 2 rings (SSSR count). The second-order valence-corrected chi connectivity index (χ2v) is 4.78. The van der Waals surface area contributed by atoms with Gasteiger partial charge in [0, 0.05) is 12.2 Å². The summed E-state index contributed by atoms with van der Waals surface area (Å²) in [5, 5.41) is 11.7. The Hall–Kier alpha value is -2.08. The fraction of sp³-hybridized carbons (Fsp3) is 0.429. The number of carbonyl (C=O) groups excluding carboxylic acids is 1. The smallest absolute Gasteiger partial charge is 0.322 e. The van der Waals surface area contributed by atoms with Crippen molar-refractivity contribution in [2.75, 3.05) is 25.1 Å². The number of aliphatic carboxylic acids is 1. The Balaban J connectivity index is 2.09. The van der Waals surface area contributed by atoms with Gasteiger partial charge in [-0.25, -0.2) is 4.79 Å². The lowest BCUT2D eigenvalue weighted by molar-refractivity contribution is -0.136. The van der Waals surface area contributed by atoms with Gasteiger partial charge in [0.15, 0.2) is 0 Å². The van der Waals surface area contributed by atoms with Crippen LogP contribution in [-0.2, 0) is 16.0 Å². The number of urea groups is 1. The number of carbonyl (C=O) groups is 2. The van der Waals surface area contributed by atoms with Crippen molar-refractivity contribution in [3.05, 3.63) is 29.8 Å². The van der Waals surface area contributed by atoms with Gasteiger partial charge in [0.1, 0.15) is 0 Å². The van der Waals surface area contributed by atoms with E-state index in [0.29, 0.717) is 31.0 Å². The number of amides is 2. The van der Waals surface area contributed by atoms with Crippen LogP contribution < -0.4 is 5.32 Å². The number of nitrogens with one attached hydrogen (secondary N) is 1. The van der Waals surface area contributed by atoms with Crippen LogP contribution in [0.25, 0.3) is 0 Å². The van der Waals surface area contributed by atoms with E-state index in [0.717, 1.165) is 0 Å². The minimum Gasteiger partial charge on any atom is -0.481 e. The van der Waals surface area contributed by atoms with E-state index in [1.54, 1.807) is 29.2 Å². The van der Waals surface area contributed by atoms with Gasteiger partial charge in [-0.15, -0.1) is 0 Å². The molecular formula is C14H18N2O4. The van der Waals surface area contributed by atoms with Crippen LogP contribution in [-0.4, -0.2) is 47.8 Å². The summed E-state index contributed by atoms with van der Waals surface area (Å²) >= 11 is 0. The van der Waals surface area contributed by atoms with E-state index in [4.69, 9.17) is 9.84 Å². The minimum atomic E-state index is -0.925. The Morgan fingerprint density at radius 2 is 2.20 bits per heavy atom. The molecule has 0 aliphatic carbocycles. The third-order valence-electron chi connectivity index (χ3n) is 3.23. The summed E-state index contributed by atoms with van der Waals surface area (Å²) in [5.74, 6) is -0.925. The van der Waals surface area contributed by atoms with E-state index in [1.165, 1.54) is 0 Å². The zero-order valence-electron chi connectivity index (χ0n) is 11.3. The molecule has 1 aromatic rings. The molecule has 2 amide bonds. The third-order valence-corrected chi connectivity index (χ3v) is 3.23. The highest BCUT2D eigenvalue weighted by Crippen LogP contribution is 2.17. The topological polar surface area (TPSA) is 78.9 Å². The van der Waals surface area contributed by atoms with E-state index >= 15 is 0 Å². The second-order valence-electron chi connectivity index (χ2n) is 4.78. The van der Waals surface area contributed by atoms with Gasteiger partial charge in [-0.3, -0.25) is 4.79 Å². The summed E-state index contributed by atoms with van der Waals surface area (Å²) in [7, 11) is 0. The van der Waals surface area contributed by atoms with Crippen LogP contribution in [0.5, 0.6) is 0 Å². The van der Waals surface area contributed by atoms with Crippen LogP contribution in [0.1, 0.15) is 12.5 Å². The Morgan fingerprint density at radius 1 is 1.45 bits per heavy atom. The molecule has 0 radical (unpaired) electrons. The summed E-state index contributed by atoms with van der Waals surface area (Å²) in [6.45, 7) is 3.49. The quantitative estimate of drug-likeness (QED) is 0.879. The van der Waals surface area contributed by atoms with Crippen molar-refractivity contribution in [3.63, 3.8) is 0 Å². The van der Waals surface area contributed by atoms with Crippen molar-refractivity contribution in [2.45, 2.75) is 19.4 Å². The summed E-state index contributed by atoms with van der Waals surface area (Å²) in [6, 6.07) is 6.72. The molecule has 0 spiro atoms. The third kappa shape index (κ3) is 3.48. The highest BCUT2D eigenvalue weighted by Gasteiger charge is 2.24. The maximum Gasteiger partial charge on any atom is 0.322 e. The van der Waals surface area contributed by atoms with Crippen molar-refractivity contribution >= 4 is 17.7 Å². The summed E-state index contributed by atoms with van der Waals surface area (Å²) in [5.41, 5.74) is 1.13. The predicted molar refractivity (Wildman–Crippen MR) is 73.8 cm³/mol. The number of anilines is 1. The molecule has 6 heteroatoms. The van der Waals surface area contributed by atoms with Gasteiger partial charge in [-0.2, -0.15) is 0 Å². The van der Waals surface area contributed by atoms with Crippen molar-refractivity contribution in [3.8, 4) is 0 Å². The maximum atomic E-state index is 12.2. The molecule has 1 saturated heterocycles. The second kappa shape index (κ2) is 6.38. The first kappa shape index (κ1) is 14.3. The van der Waals surface area contributed by atoms with Gasteiger partial charge in [0.25, 0.3) is 0 Å². The number of benzene rings is 1. The first-order chi connectivity index (χ1) is 9.58. The fourth-order valence-corrected chi connectivity index (χ4v) is 2.18. The zero-order valence-corrected chi connectivity index (χ0v) is 11.3. The molecule has 1 atom stereocenters. The zero-order chi connectivity index (χ0) is 14.5. The van der Waals surface area contributed by atoms with Crippen LogP contribution >= 0.6 is 0 Å². The number of rotatable bonds is 3. The lowest BCUT2D eigenvalue weighted by atomic mass is 10.1. The standard InChI is InChI=1S/C14H18N2O4/c1-10-9-20-7-6-16(10)14(19)15-12-5-3-2-4-11(12)8-13(17)18/h2-5,10H,6-9H2,1H3,(H,15,19)(H,17,18). The monoisotopic (exact) mass is 278 g/mol. The van der Waals surface area contributed by atoms with Gasteiger partial charge in [-0.05, 0) is 18.6 Å². The molecule has 108 valence electrons. The highest BCUT2D eigenvalue weighted by molar-refractivity contribution is 5.91. The molecule has 1 fully saturated rings. The van der Waals surface area contributed by atoms with Gasteiger partial charge < -0.3 is 20.1 Å². The predicted octanol–water partition coefficient (Wildman–Crippen LogP) is 1.57. The van der Waals surface area contributed by atoms with Crippen LogP contribution in [0.3, 0.4) is 0 Å². The molecule has 0 aromatic heterocycles. The Kier molecular flexibility index (Phi) is 4.57. The van der Waals surface area contributed by atoms with E-state index < -0.39 is 5.97 Å². The molecule has 1 aliphatic rings. The van der Waals surface area contributed by atoms with E-state index in [-0.39, 0.29) is 18.5 Å². The number of para-hydroxylation sites is 1. The van der Waals surface area contributed by atoms with Crippen LogP contribution in [0.2, 0.25) is 0 Å². The normalized spacial score (nSPS) is 18.6. The Bertz CT molecular complexity index is 504. The SMILES string of the molecule is CC1COCCN1C(=O)Nc1ccccc1CC(=O)O. The summed E-state index contributed by atoms with van der Waals surface area (Å²) < 4.78 is 5.29. The lowest BCUT2D eigenvalue weighted by Crippen LogP contribution is -2.49. The molecule has 2 N–H and O–H groups in total. The molecule has 0 bridgehead atoms. The number of morpholine rings is 1.